The van der Waals surface area contributed by atoms with Crippen molar-refractivity contribution in [3.05, 3.63) is 60.4 Å². The topological polar surface area (TPSA) is 122 Å². The predicted octanol–water partition coefficient (Wildman–Crippen LogP) is 1.04. The van der Waals surface area contributed by atoms with Crippen LogP contribution in [0.25, 0.3) is 0 Å². The third kappa shape index (κ3) is 6.12. The Morgan fingerprint density at radius 1 is 1.11 bits per heavy atom. The Morgan fingerprint density at radius 2 is 1.71 bits per heavy atom. The molecule has 0 saturated carbocycles. The molecule has 1 amide bonds. The van der Waals surface area contributed by atoms with Gasteiger partial charge in [0.1, 0.15) is 11.9 Å². The molecule has 0 radical (unpaired) electrons. The SMILES string of the molecule is C[C@H](O)[C@@H](NS(=O)(=O)c1ccc(F)cc1)C(=O)OCC(=O)Nc1ccccc1. The fourth-order valence-electron chi connectivity index (χ4n) is 2.14. The first-order valence-corrected chi connectivity index (χ1v) is 9.65. The van der Waals surface area contributed by atoms with Crippen LogP contribution in [-0.4, -0.2) is 44.2 Å². The number of hydrogen-bond donors (Lipinski definition) is 3. The molecule has 2 atom stereocenters. The molecule has 8 nitrogen and oxygen atoms in total. The highest BCUT2D eigenvalue weighted by Crippen LogP contribution is 2.12. The quantitative estimate of drug-likeness (QED) is 0.559. The van der Waals surface area contributed by atoms with Crippen molar-refractivity contribution in [2.45, 2.75) is 24.0 Å². The van der Waals surface area contributed by atoms with Crippen molar-refractivity contribution in [2.24, 2.45) is 0 Å². The summed E-state index contributed by atoms with van der Waals surface area (Å²) in [6.07, 6.45) is -1.44. The zero-order valence-corrected chi connectivity index (χ0v) is 15.6. The van der Waals surface area contributed by atoms with Gasteiger partial charge in [0.05, 0.1) is 11.0 Å². The molecular weight excluding hydrogens is 391 g/mol. The van der Waals surface area contributed by atoms with Crippen molar-refractivity contribution in [2.75, 3.05) is 11.9 Å². The average Bonchev–Trinajstić information content (AvgIpc) is 2.65. The summed E-state index contributed by atoms with van der Waals surface area (Å²) in [4.78, 5) is 23.7. The van der Waals surface area contributed by atoms with E-state index in [2.05, 4.69) is 5.32 Å². The largest absolute Gasteiger partial charge is 0.454 e. The molecule has 0 heterocycles. The molecule has 2 rings (SSSR count). The lowest BCUT2D eigenvalue weighted by molar-refractivity contribution is -0.151. The van der Waals surface area contributed by atoms with E-state index in [0.29, 0.717) is 5.69 Å². The number of amides is 1. The van der Waals surface area contributed by atoms with Crippen LogP contribution in [0.3, 0.4) is 0 Å². The number of carbonyl (C=O) groups is 2. The number of para-hydroxylation sites is 1. The molecule has 0 spiro atoms. The first-order chi connectivity index (χ1) is 13.2. The highest BCUT2D eigenvalue weighted by atomic mass is 32.2. The van der Waals surface area contributed by atoms with Gasteiger partial charge in [-0.1, -0.05) is 18.2 Å². The smallest absolute Gasteiger partial charge is 0.327 e. The summed E-state index contributed by atoms with van der Waals surface area (Å²) in [5.74, 6) is -2.40. The summed E-state index contributed by atoms with van der Waals surface area (Å²) in [6.45, 7) is 0.512. The van der Waals surface area contributed by atoms with Gasteiger partial charge in [-0.15, -0.1) is 0 Å². The lowest BCUT2D eigenvalue weighted by Crippen LogP contribution is -2.48. The fraction of sp³-hybridized carbons (Fsp3) is 0.222. The Bertz CT molecular complexity index is 917. The second-order valence-corrected chi connectivity index (χ2v) is 7.53. The van der Waals surface area contributed by atoms with Crippen LogP contribution >= 0.6 is 0 Å². The predicted molar refractivity (Wildman–Crippen MR) is 98.2 cm³/mol. The van der Waals surface area contributed by atoms with E-state index in [1.165, 1.54) is 6.92 Å². The molecule has 0 fully saturated rings. The van der Waals surface area contributed by atoms with Gasteiger partial charge in [-0.3, -0.25) is 9.59 Å². The normalized spacial score (nSPS) is 13.4. The average molecular weight is 410 g/mol. The summed E-state index contributed by atoms with van der Waals surface area (Å²) in [7, 11) is -4.23. The Kier molecular flexibility index (Phi) is 7.21. The van der Waals surface area contributed by atoms with Crippen molar-refractivity contribution in [3.8, 4) is 0 Å². The van der Waals surface area contributed by atoms with Crippen LogP contribution in [0.1, 0.15) is 6.92 Å². The highest BCUT2D eigenvalue weighted by molar-refractivity contribution is 7.89. The molecule has 150 valence electrons. The van der Waals surface area contributed by atoms with E-state index in [4.69, 9.17) is 4.74 Å². The number of aliphatic hydroxyl groups excluding tert-OH is 1. The van der Waals surface area contributed by atoms with Crippen LogP contribution in [-0.2, 0) is 24.3 Å². The number of rotatable bonds is 8. The fourth-order valence-corrected chi connectivity index (χ4v) is 3.40. The lowest BCUT2D eigenvalue weighted by Gasteiger charge is -2.20. The Labute approximate surface area is 161 Å². The Balaban J connectivity index is 1.99. The van der Waals surface area contributed by atoms with E-state index in [1.807, 2.05) is 4.72 Å². The molecule has 0 unspecified atom stereocenters. The van der Waals surface area contributed by atoms with Crippen molar-refractivity contribution < 1.29 is 32.2 Å². The number of hydrogen-bond acceptors (Lipinski definition) is 6. The van der Waals surface area contributed by atoms with Crippen molar-refractivity contribution in [1.82, 2.24) is 4.72 Å². The lowest BCUT2D eigenvalue weighted by atomic mass is 10.2. The van der Waals surface area contributed by atoms with E-state index in [1.54, 1.807) is 30.3 Å². The maximum absolute atomic E-state index is 13.0. The van der Waals surface area contributed by atoms with Crippen LogP contribution in [0, 0.1) is 5.82 Å². The van der Waals surface area contributed by atoms with Gasteiger partial charge >= 0.3 is 5.97 Å². The van der Waals surface area contributed by atoms with Crippen LogP contribution < -0.4 is 10.0 Å². The van der Waals surface area contributed by atoms with Gasteiger partial charge < -0.3 is 15.2 Å². The second kappa shape index (κ2) is 9.40. The molecule has 0 aliphatic rings. The van der Waals surface area contributed by atoms with Gasteiger partial charge in [-0.05, 0) is 43.3 Å². The molecule has 3 N–H and O–H groups in total. The van der Waals surface area contributed by atoms with Crippen molar-refractivity contribution in [3.63, 3.8) is 0 Å². The van der Waals surface area contributed by atoms with Crippen LogP contribution in [0.4, 0.5) is 10.1 Å². The van der Waals surface area contributed by atoms with E-state index in [9.17, 15) is 27.5 Å². The molecule has 28 heavy (non-hydrogen) atoms. The molecule has 0 aromatic heterocycles. The van der Waals surface area contributed by atoms with Crippen LogP contribution in [0.15, 0.2) is 59.5 Å². The van der Waals surface area contributed by atoms with Crippen molar-refractivity contribution in [1.29, 1.82) is 0 Å². The highest BCUT2D eigenvalue weighted by Gasteiger charge is 2.31. The molecule has 2 aromatic rings. The number of ether oxygens (including phenoxy) is 1. The molecule has 0 saturated heterocycles. The van der Waals surface area contributed by atoms with E-state index in [-0.39, 0.29) is 4.90 Å². The van der Waals surface area contributed by atoms with Gasteiger partial charge in [0.15, 0.2) is 6.61 Å². The number of aliphatic hydroxyl groups is 1. The Hall–Kier alpha value is -2.82. The van der Waals surface area contributed by atoms with Gasteiger partial charge in [-0.25, -0.2) is 12.8 Å². The molecule has 10 heteroatoms. The number of carbonyl (C=O) groups excluding carboxylic acids is 2. The first-order valence-electron chi connectivity index (χ1n) is 8.16. The number of anilines is 1. The molecule has 2 aromatic carbocycles. The molecule has 0 aliphatic carbocycles. The molecule has 0 bridgehead atoms. The van der Waals surface area contributed by atoms with E-state index >= 15 is 0 Å². The standard InChI is InChI=1S/C18H19FN2O6S/c1-12(22)17(21-28(25,26)15-9-7-13(19)8-10-15)18(24)27-11-16(23)20-14-5-3-2-4-6-14/h2-10,12,17,21-22H,11H2,1H3,(H,20,23)/t12-,17+/m0/s1. The number of nitrogens with one attached hydrogen (secondary N) is 2. The zero-order valence-electron chi connectivity index (χ0n) is 14.8. The number of benzene rings is 2. The summed E-state index contributed by atoms with van der Waals surface area (Å²) in [6, 6.07) is 10.7. The summed E-state index contributed by atoms with van der Waals surface area (Å²) < 4.78 is 44.4. The number of esters is 1. The third-order valence-electron chi connectivity index (χ3n) is 3.55. The molecule has 0 aliphatic heterocycles. The van der Waals surface area contributed by atoms with E-state index in [0.717, 1.165) is 24.3 Å². The summed E-state index contributed by atoms with van der Waals surface area (Å²) in [5.41, 5.74) is 0.493. The van der Waals surface area contributed by atoms with E-state index < -0.39 is 46.5 Å². The van der Waals surface area contributed by atoms with Crippen LogP contribution in [0.2, 0.25) is 0 Å². The summed E-state index contributed by atoms with van der Waals surface area (Å²) in [5, 5.41) is 12.2. The number of sulfonamides is 1. The third-order valence-corrected chi connectivity index (χ3v) is 5.00. The maximum atomic E-state index is 13.0. The van der Waals surface area contributed by atoms with Gasteiger partial charge in [0, 0.05) is 5.69 Å². The second-order valence-electron chi connectivity index (χ2n) is 5.82. The first kappa shape index (κ1) is 21.5. The van der Waals surface area contributed by atoms with Gasteiger partial charge in [0.2, 0.25) is 10.0 Å². The minimum atomic E-state index is -4.23. The maximum Gasteiger partial charge on any atom is 0.327 e. The summed E-state index contributed by atoms with van der Waals surface area (Å²) >= 11 is 0. The minimum absolute atomic E-state index is 0.297. The number of halogens is 1. The van der Waals surface area contributed by atoms with Gasteiger partial charge in [-0.2, -0.15) is 4.72 Å². The van der Waals surface area contributed by atoms with Crippen LogP contribution in [0.5, 0.6) is 0 Å². The monoisotopic (exact) mass is 410 g/mol. The molecular formula is C18H19FN2O6S. The van der Waals surface area contributed by atoms with Gasteiger partial charge in [0.25, 0.3) is 5.91 Å². The Morgan fingerprint density at radius 3 is 2.29 bits per heavy atom. The zero-order chi connectivity index (χ0) is 20.7. The van der Waals surface area contributed by atoms with Crippen molar-refractivity contribution >= 4 is 27.6 Å². The minimum Gasteiger partial charge on any atom is -0.454 e.